The lowest BCUT2D eigenvalue weighted by atomic mass is 10.0. The van der Waals surface area contributed by atoms with Crippen LogP contribution in [0.15, 0.2) is 60.7 Å². The topological polar surface area (TPSA) is 117 Å². The molecule has 2 amide bonds. The summed E-state index contributed by atoms with van der Waals surface area (Å²) in [4.78, 5) is 35.8. The second kappa shape index (κ2) is 7.79. The van der Waals surface area contributed by atoms with Gasteiger partial charge in [-0.3, -0.25) is 19.7 Å². The molecular formula is C19H19N3O4. The van der Waals surface area contributed by atoms with Gasteiger partial charge < -0.3 is 15.7 Å². The number of aliphatic carboxylic acids is 1. The standard InChI is InChI=1S/C19H19N3O4/c23-17(20-13-9-5-2-6-10-13)14(11-12-7-3-1-4-8-12)21-18(24)15-16(22-15)19(25)26/h1-10,14-16,22H,11H2,(H,20,23)(H,21,24)(H,25,26)/t14-,15-,16-/m0/s1. The average Bonchev–Trinajstić information content (AvgIpc) is 3.44. The summed E-state index contributed by atoms with van der Waals surface area (Å²) in [5.74, 6) is -1.94. The monoisotopic (exact) mass is 353 g/mol. The summed E-state index contributed by atoms with van der Waals surface area (Å²) in [5.41, 5.74) is 1.51. The van der Waals surface area contributed by atoms with Crippen LogP contribution in [0.1, 0.15) is 5.56 Å². The number of rotatable bonds is 7. The van der Waals surface area contributed by atoms with Gasteiger partial charge in [0.2, 0.25) is 11.8 Å². The Morgan fingerprint density at radius 1 is 0.962 bits per heavy atom. The summed E-state index contributed by atoms with van der Waals surface area (Å²) in [5, 5.41) is 16.9. The number of amides is 2. The molecule has 1 fully saturated rings. The summed E-state index contributed by atoms with van der Waals surface area (Å²) in [6, 6.07) is 15.7. The number of carbonyl (C=O) groups excluding carboxylic acids is 2. The maximum Gasteiger partial charge on any atom is 0.322 e. The molecule has 26 heavy (non-hydrogen) atoms. The van der Waals surface area contributed by atoms with Gasteiger partial charge in [-0.1, -0.05) is 48.5 Å². The fourth-order valence-corrected chi connectivity index (χ4v) is 2.65. The maximum atomic E-state index is 12.6. The Morgan fingerprint density at radius 3 is 2.15 bits per heavy atom. The van der Waals surface area contributed by atoms with E-state index in [0.717, 1.165) is 5.56 Å². The zero-order chi connectivity index (χ0) is 18.5. The molecule has 0 saturated carbocycles. The summed E-state index contributed by atoms with van der Waals surface area (Å²) < 4.78 is 0. The quantitative estimate of drug-likeness (QED) is 0.549. The lowest BCUT2D eigenvalue weighted by molar-refractivity contribution is -0.137. The largest absolute Gasteiger partial charge is 0.480 e. The lowest BCUT2D eigenvalue weighted by Gasteiger charge is -2.18. The highest BCUT2D eigenvalue weighted by Gasteiger charge is 2.48. The van der Waals surface area contributed by atoms with E-state index in [2.05, 4.69) is 16.0 Å². The van der Waals surface area contributed by atoms with E-state index in [1.807, 2.05) is 36.4 Å². The van der Waals surface area contributed by atoms with E-state index in [0.29, 0.717) is 12.1 Å². The second-order valence-corrected chi connectivity index (χ2v) is 6.07. The lowest BCUT2D eigenvalue weighted by Crippen LogP contribution is -2.47. The highest BCUT2D eigenvalue weighted by atomic mass is 16.4. The van der Waals surface area contributed by atoms with Crippen LogP contribution >= 0.6 is 0 Å². The first-order valence-corrected chi connectivity index (χ1v) is 8.23. The van der Waals surface area contributed by atoms with E-state index in [1.54, 1.807) is 24.3 Å². The third-order valence-electron chi connectivity index (χ3n) is 4.09. The van der Waals surface area contributed by atoms with E-state index in [9.17, 15) is 14.4 Å². The Labute approximate surface area is 150 Å². The number of carboxylic acid groups (broad SMARTS) is 1. The van der Waals surface area contributed by atoms with Gasteiger partial charge in [0.25, 0.3) is 0 Å². The molecule has 4 N–H and O–H groups in total. The molecule has 134 valence electrons. The number of nitrogens with one attached hydrogen (secondary N) is 3. The number of carboxylic acids is 1. The molecule has 0 aromatic heterocycles. The predicted octanol–water partition coefficient (Wildman–Crippen LogP) is 0.778. The first kappa shape index (κ1) is 17.6. The van der Waals surface area contributed by atoms with E-state index in [1.165, 1.54) is 0 Å². The van der Waals surface area contributed by atoms with Crippen molar-refractivity contribution in [3.05, 3.63) is 66.2 Å². The molecule has 7 nitrogen and oxygen atoms in total. The Bertz CT molecular complexity index is 795. The zero-order valence-corrected chi connectivity index (χ0v) is 13.9. The molecule has 2 aromatic rings. The van der Waals surface area contributed by atoms with Gasteiger partial charge in [-0.05, 0) is 17.7 Å². The Balaban J connectivity index is 1.70. The van der Waals surface area contributed by atoms with E-state index < -0.39 is 30.0 Å². The fourth-order valence-electron chi connectivity index (χ4n) is 2.65. The molecule has 3 rings (SSSR count). The highest BCUT2D eigenvalue weighted by molar-refractivity contribution is 6.00. The van der Waals surface area contributed by atoms with Crippen LogP contribution in [0.4, 0.5) is 5.69 Å². The number of anilines is 1. The molecule has 1 aliphatic rings. The van der Waals surface area contributed by atoms with Crippen LogP contribution in [-0.2, 0) is 20.8 Å². The molecule has 0 aliphatic carbocycles. The summed E-state index contributed by atoms with van der Waals surface area (Å²) in [7, 11) is 0. The molecule has 1 aliphatic heterocycles. The van der Waals surface area contributed by atoms with Gasteiger partial charge in [0.15, 0.2) is 0 Å². The van der Waals surface area contributed by atoms with Crippen molar-refractivity contribution in [1.29, 1.82) is 0 Å². The number of hydrogen-bond donors (Lipinski definition) is 4. The molecule has 1 heterocycles. The molecule has 1 saturated heterocycles. The van der Waals surface area contributed by atoms with Crippen molar-refractivity contribution in [1.82, 2.24) is 10.6 Å². The molecule has 0 unspecified atom stereocenters. The first-order valence-electron chi connectivity index (χ1n) is 8.23. The molecule has 3 atom stereocenters. The summed E-state index contributed by atoms with van der Waals surface area (Å²) in [6.45, 7) is 0. The molecule has 0 radical (unpaired) electrons. The number of carbonyl (C=O) groups is 3. The average molecular weight is 353 g/mol. The van der Waals surface area contributed by atoms with Crippen molar-refractivity contribution in [2.45, 2.75) is 24.5 Å². The van der Waals surface area contributed by atoms with Crippen molar-refractivity contribution in [2.75, 3.05) is 5.32 Å². The van der Waals surface area contributed by atoms with E-state index in [4.69, 9.17) is 5.11 Å². The van der Waals surface area contributed by atoms with Crippen molar-refractivity contribution in [3.63, 3.8) is 0 Å². The van der Waals surface area contributed by atoms with Crippen LogP contribution in [0.25, 0.3) is 0 Å². The van der Waals surface area contributed by atoms with Crippen molar-refractivity contribution < 1.29 is 19.5 Å². The zero-order valence-electron chi connectivity index (χ0n) is 13.9. The third kappa shape index (κ3) is 4.46. The minimum atomic E-state index is -1.08. The van der Waals surface area contributed by atoms with Crippen molar-refractivity contribution >= 4 is 23.5 Å². The fraction of sp³-hybridized carbons (Fsp3) is 0.211. The van der Waals surface area contributed by atoms with Crippen molar-refractivity contribution in [3.8, 4) is 0 Å². The van der Waals surface area contributed by atoms with Gasteiger partial charge >= 0.3 is 5.97 Å². The molecule has 2 aromatic carbocycles. The SMILES string of the molecule is O=C(Nc1ccccc1)[C@H](Cc1ccccc1)NC(=O)[C@H]1N[C@@H]1C(=O)O. The molecular weight excluding hydrogens is 334 g/mol. The number of benzene rings is 2. The van der Waals surface area contributed by atoms with Gasteiger partial charge in [-0.15, -0.1) is 0 Å². The second-order valence-electron chi connectivity index (χ2n) is 6.07. The summed E-state index contributed by atoms with van der Waals surface area (Å²) in [6.07, 6.45) is 0.301. The molecule has 0 spiro atoms. The number of para-hydroxylation sites is 1. The van der Waals surface area contributed by atoms with Crippen LogP contribution < -0.4 is 16.0 Å². The maximum absolute atomic E-state index is 12.6. The van der Waals surface area contributed by atoms with Crippen LogP contribution in [0.5, 0.6) is 0 Å². The van der Waals surface area contributed by atoms with Gasteiger partial charge in [0, 0.05) is 12.1 Å². The predicted molar refractivity (Wildman–Crippen MR) is 95.5 cm³/mol. The minimum Gasteiger partial charge on any atom is -0.480 e. The van der Waals surface area contributed by atoms with Gasteiger partial charge in [-0.2, -0.15) is 0 Å². The van der Waals surface area contributed by atoms with E-state index >= 15 is 0 Å². The van der Waals surface area contributed by atoms with Crippen LogP contribution in [-0.4, -0.2) is 41.0 Å². The van der Waals surface area contributed by atoms with Gasteiger partial charge in [0.1, 0.15) is 18.1 Å². The van der Waals surface area contributed by atoms with Crippen LogP contribution in [0, 0.1) is 0 Å². The minimum absolute atomic E-state index is 0.301. The Kier molecular flexibility index (Phi) is 5.28. The first-order chi connectivity index (χ1) is 12.5. The van der Waals surface area contributed by atoms with Gasteiger partial charge in [0.05, 0.1) is 0 Å². The van der Waals surface area contributed by atoms with Gasteiger partial charge in [-0.25, -0.2) is 0 Å². The van der Waals surface area contributed by atoms with Crippen LogP contribution in [0.3, 0.4) is 0 Å². The normalized spacial score (nSPS) is 19.2. The van der Waals surface area contributed by atoms with Crippen molar-refractivity contribution in [2.24, 2.45) is 0 Å². The molecule has 7 heteroatoms. The number of hydrogen-bond acceptors (Lipinski definition) is 4. The van der Waals surface area contributed by atoms with E-state index in [-0.39, 0.29) is 5.91 Å². The Hall–Kier alpha value is -3.19. The third-order valence-corrected chi connectivity index (χ3v) is 4.09. The summed E-state index contributed by atoms with van der Waals surface area (Å²) >= 11 is 0. The van der Waals surface area contributed by atoms with Crippen LogP contribution in [0.2, 0.25) is 0 Å². The highest BCUT2D eigenvalue weighted by Crippen LogP contribution is 2.13. The molecule has 0 bridgehead atoms. The smallest absolute Gasteiger partial charge is 0.322 e. The Morgan fingerprint density at radius 2 is 1.58 bits per heavy atom.